The van der Waals surface area contributed by atoms with E-state index in [1.807, 2.05) is 66.5 Å². The van der Waals surface area contributed by atoms with Gasteiger partial charge < -0.3 is 25.4 Å². The molecule has 0 radical (unpaired) electrons. The number of aliphatic imine (C=N–C) groups is 1. The van der Waals surface area contributed by atoms with Crippen molar-refractivity contribution in [3.63, 3.8) is 0 Å². The van der Waals surface area contributed by atoms with Gasteiger partial charge in [0.15, 0.2) is 12.4 Å². The van der Waals surface area contributed by atoms with Crippen molar-refractivity contribution in [2.24, 2.45) is 4.99 Å². The van der Waals surface area contributed by atoms with Crippen LogP contribution < -0.4 is 15.8 Å². The zero-order valence-corrected chi connectivity index (χ0v) is 15.9. The standard InChI is InChI=1S/C20H21N7O2/c1-27-12-11-22-20(27)28-13-17-24-18(21)26-19(25-17)23-14-7-9-16(10-8-14)29-15-5-3-2-4-6-15/h2-10H,11-13H2,1H3,(H3,21,23,24,25,26). The zero-order valence-electron chi connectivity index (χ0n) is 15.9. The van der Waals surface area contributed by atoms with E-state index in [1.165, 1.54) is 0 Å². The summed E-state index contributed by atoms with van der Waals surface area (Å²) in [6.07, 6.45) is 0. The zero-order chi connectivity index (χ0) is 20.1. The molecule has 4 rings (SSSR count). The van der Waals surface area contributed by atoms with Gasteiger partial charge in [-0.3, -0.25) is 0 Å². The minimum absolute atomic E-state index is 0.117. The number of anilines is 3. The number of hydrogen-bond donors (Lipinski definition) is 2. The number of nitrogen functional groups attached to an aromatic ring is 1. The van der Waals surface area contributed by atoms with E-state index in [1.54, 1.807) is 0 Å². The molecule has 3 aromatic rings. The molecule has 0 bridgehead atoms. The Labute approximate surface area is 168 Å². The minimum Gasteiger partial charge on any atom is -0.457 e. The number of nitrogens with one attached hydrogen (secondary N) is 1. The molecule has 1 aromatic heterocycles. The first-order chi connectivity index (χ1) is 14.2. The van der Waals surface area contributed by atoms with Crippen LogP contribution in [0, 0.1) is 0 Å². The molecule has 0 aliphatic carbocycles. The van der Waals surface area contributed by atoms with Crippen molar-refractivity contribution in [2.45, 2.75) is 6.61 Å². The van der Waals surface area contributed by atoms with Crippen molar-refractivity contribution in [1.82, 2.24) is 19.9 Å². The van der Waals surface area contributed by atoms with Gasteiger partial charge in [-0.05, 0) is 36.4 Å². The number of para-hydroxylation sites is 1. The maximum atomic E-state index is 5.82. The molecule has 2 heterocycles. The molecule has 148 valence electrons. The molecule has 1 aliphatic heterocycles. The predicted molar refractivity (Wildman–Crippen MR) is 110 cm³/mol. The van der Waals surface area contributed by atoms with E-state index in [9.17, 15) is 0 Å². The molecule has 0 fully saturated rings. The van der Waals surface area contributed by atoms with Crippen LogP contribution in [0.2, 0.25) is 0 Å². The van der Waals surface area contributed by atoms with Crippen LogP contribution in [0.4, 0.5) is 17.6 Å². The van der Waals surface area contributed by atoms with Gasteiger partial charge in [-0.2, -0.15) is 15.0 Å². The summed E-state index contributed by atoms with van der Waals surface area (Å²) in [4.78, 5) is 18.8. The average Bonchev–Trinajstić information content (AvgIpc) is 3.13. The Morgan fingerprint density at radius 1 is 1.00 bits per heavy atom. The van der Waals surface area contributed by atoms with E-state index in [0.717, 1.165) is 30.3 Å². The fourth-order valence-corrected chi connectivity index (χ4v) is 2.72. The Bertz CT molecular complexity index is 993. The number of nitrogens with two attached hydrogens (primary N) is 1. The lowest BCUT2D eigenvalue weighted by Crippen LogP contribution is -2.25. The summed E-state index contributed by atoms with van der Waals surface area (Å²) < 4.78 is 11.4. The third kappa shape index (κ3) is 4.89. The monoisotopic (exact) mass is 391 g/mol. The van der Waals surface area contributed by atoms with Gasteiger partial charge in [0.25, 0.3) is 6.02 Å². The fraction of sp³-hybridized carbons (Fsp3) is 0.200. The molecule has 29 heavy (non-hydrogen) atoms. The van der Waals surface area contributed by atoms with Crippen LogP contribution in [-0.4, -0.2) is 46.0 Å². The Morgan fingerprint density at radius 2 is 1.76 bits per heavy atom. The van der Waals surface area contributed by atoms with Gasteiger partial charge >= 0.3 is 0 Å². The van der Waals surface area contributed by atoms with Crippen molar-refractivity contribution in [1.29, 1.82) is 0 Å². The van der Waals surface area contributed by atoms with E-state index in [0.29, 0.717) is 17.8 Å². The van der Waals surface area contributed by atoms with Crippen LogP contribution in [-0.2, 0) is 11.3 Å². The lowest BCUT2D eigenvalue weighted by Gasteiger charge is -2.14. The third-order valence-electron chi connectivity index (χ3n) is 4.13. The van der Waals surface area contributed by atoms with E-state index < -0.39 is 0 Å². The lowest BCUT2D eigenvalue weighted by atomic mass is 10.3. The predicted octanol–water partition coefficient (Wildman–Crippen LogP) is 2.81. The maximum absolute atomic E-state index is 5.82. The fourth-order valence-electron chi connectivity index (χ4n) is 2.72. The number of benzene rings is 2. The Morgan fingerprint density at radius 3 is 2.48 bits per heavy atom. The first-order valence-corrected chi connectivity index (χ1v) is 9.14. The van der Waals surface area contributed by atoms with Crippen LogP contribution >= 0.6 is 0 Å². The summed E-state index contributed by atoms with van der Waals surface area (Å²) in [7, 11) is 1.92. The highest BCUT2D eigenvalue weighted by Crippen LogP contribution is 2.23. The van der Waals surface area contributed by atoms with Crippen molar-refractivity contribution in [3.8, 4) is 11.5 Å². The average molecular weight is 391 g/mol. The van der Waals surface area contributed by atoms with Crippen molar-refractivity contribution < 1.29 is 9.47 Å². The SMILES string of the molecule is CN1CCN=C1OCc1nc(N)nc(Nc2ccc(Oc3ccccc3)cc2)n1. The van der Waals surface area contributed by atoms with Gasteiger partial charge in [0.1, 0.15) is 11.5 Å². The summed E-state index contributed by atoms with van der Waals surface area (Å²) in [5.74, 6) is 2.39. The second-order valence-corrected chi connectivity index (χ2v) is 6.37. The number of aromatic nitrogens is 3. The highest BCUT2D eigenvalue weighted by atomic mass is 16.5. The van der Waals surface area contributed by atoms with Gasteiger partial charge in [-0.25, -0.2) is 4.99 Å². The second-order valence-electron chi connectivity index (χ2n) is 6.37. The van der Waals surface area contributed by atoms with Crippen molar-refractivity contribution in [2.75, 3.05) is 31.2 Å². The summed E-state index contributed by atoms with van der Waals surface area (Å²) in [5.41, 5.74) is 6.61. The van der Waals surface area contributed by atoms with Crippen LogP contribution in [0.5, 0.6) is 11.5 Å². The molecule has 9 heteroatoms. The molecule has 0 unspecified atom stereocenters. The number of ether oxygens (including phenoxy) is 2. The van der Waals surface area contributed by atoms with Crippen LogP contribution in [0.15, 0.2) is 59.6 Å². The molecule has 2 aromatic carbocycles. The summed E-state index contributed by atoms with van der Waals surface area (Å²) in [5, 5.41) is 3.12. The molecule has 0 atom stereocenters. The molecule has 0 saturated heterocycles. The minimum atomic E-state index is 0.117. The number of hydrogen-bond acceptors (Lipinski definition) is 9. The Hall–Kier alpha value is -3.88. The maximum Gasteiger partial charge on any atom is 0.287 e. The Kier molecular flexibility index (Phi) is 5.37. The molecule has 1 aliphatic rings. The first kappa shape index (κ1) is 18.5. The van der Waals surface area contributed by atoms with E-state index in [4.69, 9.17) is 15.2 Å². The van der Waals surface area contributed by atoms with Gasteiger partial charge in [0, 0.05) is 19.3 Å². The number of rotatable bonds is 6. The molecular formula is C20H21N7O2. The van der Waals surface area contributed by atoms with E-state index in [-0.39, 0.29) is 12.6 Å². The number of likely N-dealkylation sites (N-methyl/N-ethyl adjacent to an activating group) is 1. The largest absolute Gasteiger partial charge is 0.457 e. The van der Waals surface area contributed by atoms with E-state index in [2.05, 4.69) is 25.3 Å². The van der Waals surface area contributed by atoms with Crippen LogP contribution in [0.1, 0.15) is 5.82 Å². The van der Waals surface area contributed by atoms with Gasteiger partial charge in [0.2, 0.25) is 11.9 Å². The first-order valence-electron chi connectivity index (χ1n) is 9.14. The highest BCUT2D eigenvalue weighted by Gasteiger charge is 2.15. The highest BCUT2D eigenvalue weighted by molar-refractivity contribution is 5.75. The number of nitrogens with zero attached hydrogens (tertiary/aromatic N) is 5. The normalized spacial score (nSPS) is 13.1. The van der Waals surface area contributed by atoms with Crippen LogP contribution in [0.3, 0.4) is 0 Å². The molecule has 9 nitrogen and oxygen atoms in total. The summed E-state index contributed by atoms with van der Waals surface area (Å²) in [6, 6.07) is 17.6. The van der Waals surface area contributed by atoms with Crippen molar-refractivity contribution in [3.05, 3.63) is 60.4 Å². The van der Waals surface area contributed by atoms with Gasteiger partial charge in [-0.15, -0.1) is 0 Å². The van der Waals surface area contributed by atoms with Gasteiger partial charge in [-0.1, -0.05) is 18.2 Å². The molecule has 3 N–H and O–H groups in total. The number of amidine groups is 1. The summed E-state index contributed by atoms with van der Waals surface area (Å²) in [6.45, 7) is 1.72. The van der Waals surface area contributed by atoms with Crippen molar-refractivity contribution >= 4 is 23.6 Å². The lowest BCUT2D eigenvalue weighted by molar-refractivity contribution is 0.239. The smallest absolute Gasteiger partial charge is 0.287 e. The van der Waals surface area contributed by atoms with E-state index >= 15 is 0 Å². The van der Waals surface area contributed by atoms with Gasteiger partial charge in [0.05, 0.1) is 6.54 Å². The Balaban J connectivity index is 1.40. The van der Waals surface area contributed by atoms with Crippen LogP contribution in [0.25, 0.3) is 0 Å². The molecule has 0 amide bonds. The topological polar surface area (TPSA) is 111 Å². The summed E-state index contributed by atoms with van der Waals surface area (Å²) >= 11 is 0. The quantitative estimate of drug-likeness (QED) is 0.660. The third-order valence-corrected chi connectivity index (χ3v) is 4.13. The molecule has 0 saturated carbocycles. The molecule has 0 spiro atoms. The molecular weight excluding hydrogens is 370 g/mol. The second kappa shape index (κ2) is 8.42.